The van der Waals surface area contributed by atoms with Crippen molar-refractivity contribution in [1.29, 1.82) is 0 Å². The molecule has 40 heavy (non-hydrogen) atoms. The summed E-state index contributed by atoms with van der Waals surface area (Å²) >= 11 is 0. The molecule has 0 aliphatic carbocycles. The molecule has 0 unspecified atom stereocenters. The molecule has 3 heteroatoms. The molecule has 2 nitrogen and oxygen atoms in total. The fourth-order valence-corrected chi connectivity index (χ4v) is 8.28. The van der Waals surface area contributed by atoms with Gasteiger partial charge in [-0.05, 0) is 40.1 Å². The molecular formula is C37H26NOP. The zero-order valence-corrected chi connectivity index (χ0v) is 22.7. The van der Waals surface area contributed by atoms with Crippen LogP contribution in [0.5, 0.6) is 0 Å². The number of pyridine rings is 1. The lowest BCUT2D eigenvalue weighted by molar-refractivity contribution is 0.592. The minimum atomic E-state index is -3.10. The fourth-order valence-electron chi connectivity index (χ4n) is 5.58. The molecular weight excluding hydrogens is 505 g/mol. The maximum atomic E-state index is 15.0. The minimum absolute atomic E-state index is 0.795. The molecule has 0 atom stereocenters. The Labute approximate surface area is 234 Å². The van der Waals surface area contributed by atoms with Gasteiger partial charge in [0.15, 0.2) is 7.14 Å². The molecule has 0 aliphatic heterocycles. The van der Waals surface area contributed by atoms with E-state index in [2.05, 4.69) is 78.9 Å². The lowest BCUT2D eigenvalue weighted by Crippen LogP contribution is -2.25. The van der Waals surface area contributed by atoms with Crippen LogP contribution in [0.15, 0.2) is 158 Å². The molecule has 1 heterocycles. The summed E-state index contributed by atoms with van der Waals surface area (Å²) in [6, 6.07) is 53.1. The van der Waals surface area contributed by atoms with E-state index in [1.807, 2.05) is 78.9 Å². The van der Waals surface area contributed by atoms with Gasteiger partial charge in [-0.1, -0.05) is 140 Å². The monoisotopic (exact) mass is 531 g/mol. The third kappa shape index (κ3) is 4.14. The molecule has 0 aliphatic rings. The number of hydrogen-bond acceptors (Lipinski definition) is 2. The highest BCUT2D eigenvalue weighted by atomic mass is 31.2. The Morgan fingerprint density at radius 1 is 0.475 bits per heavy atom. The van der Waals surface area contributed by atoms with Crippen molar-refractivity contribution in [3.63, 3.8) is 0 Å². The minimum Gasteiger partial charge on any atom is -0.309 e. The summed E-state index contributed by atoms with van der Waals surface area (Å²) in [6.45, 7) is 0. The van der Waals surface area contributed by atoms with E-state index in [0.717, 1.165) is 49.2 Å². The van der Waals surface area contributed by atoms with Crippen molar-refractivity contribution in [1.82, 2.24) is 4.98 Å². The van der Waals surface area contributed by atoms with E-state index in [4.69, 9.17) is 4.98 Å². The normalized spacial score (nSPS) is 11.6. The molecule has 7 rings (SSSR count). The number of hydrogen-bond donors (Lipinski definition) is 0. The Hall–Kier alpha value is -4.78. The van der Waals surface area contributed by atoms with E-state index < -0.39 is 7.14 Å². The highest BCUT2D eigenvalue weighted by Gasteiger charge is 2.30. The molecule has 190 valence electrons. The third-order valence-electron chi connectivity index (χ3n) is 7.53. The van der Waals surface area contributed by atoms with E-state index in [-0.39, 0.29) is 0 Å². The summed E-state index contributed by atoms with van der Waals surface area (Å²) in [7, 11) is -3.10. The van der Waals surface area contributed by atoms with Crippen molar-refractivity contribution >= 4 is 44.7 Å². The van der Waals surface area contributed by atoms with Crippen molar-refractivity contribution in [3.05, 3.63) is 158 Å². The number of rotatable bonds is 5. The van der Waals surface area contributed by atoms with Crippen LogP contribution in [0.25, 0.3) is 44.1 Å². The zero-order valence-electron chi connectivity index (χ0n) is 21.8. The summed E-state index contributed by atoms with van der Waals surface area (Å²) in [5, 5.41) is 5.95. The maximum Gasteiger partial charge on any atom is 0.171 e. The Balaban J connectivity index is 1.47. The van der Waals surface area contributed by atoms with Gasteiger partial charge in [0.25, 0.3) is 0 Å². The molecule has 1 aromatic heterocycles. The first-order valence-corrected chi connectivity index (χ1v) is 15.1. The molecule has 0 spiro atoms. The van der Waals surface area contributed by atoms with E-state index in [1.165, 1.54) is 10.8 Å². The van der Waals surface area contributed by atoms with Crippen molar-refractivity contribution in [2.45, 2.75) is 0 Å². The number of fused-ring (bicyclic) bond motifs is 3. The smallest absolute Gasteiger partial charge is 0.171 e. The Morgan fingerprint density at radius 2 is 1.05 bits per heavy atom. The molecule has 0 saturated carbocycles. The first-order valence-electron chi connectivity index (χ1n) is 13.4. The third-order valence-corrected chi connectivity index (χ3v) is 10.6. The predicted octanol–water partition coefficient (Wildman–Crippen LogP) is 8.36. The van der Waals surface area contributed by atoms with Crippen LogP contribution >= 0.6 is 7.14 Å². The van der Waals surface area contributed by atoms with Crippen molar-refractivity contribution in [3.8, 4) is 22.4 Å². The highest BCUT2D eigenvalue weighted by molar-refractivity contribution is 7.85. The van der Waals surface area contributed by atoms with Crippen LogP contribution in [-0.2, 0) is 4.57 Å². The number of benzene rings is 6. The van der Waals surface area contributed by atoms with E-state index in [9.17, 15) is 0 Å². The quantitative estimate of drug-likeness (QED) is 0.165. The number of nitrogens with zero attached hydrogens (tertiary/aromatic N) is 1. The van der Waals surface area contributed by atoms with Crippen LogP contribution in [0.4, 0.5) is 0 Å². The second-order valence-corrected chi connectivity index (χ2v) is 12.7. The van der Waals surface area contributed by atoms with Gasteiger partial charge in [-0.15, -0.1) is 0 Å². The molecule has 0 saturated heterocycles. The Kier molecular flexibility index (Phi) is 6.11. The van der Waals surface area contributed by atoms with Crippen LogP contribution in [0.3, 0.4) is 0 Å². The lowest BCUT2D eigenvalue weighted by atomic mass is 9.94. The van der Waals surface area contributed by atoms with Crippen LogP contribution in [0.1, 0.15) is 0 Å². The summed E-state index contributed by atoms with van der Waals surface area (Å²) in [5.74, 6) is 0. The highest BCUT2D eigenvalue weighted by Crippen LogP contribution is 2.43. The summed E-state index contributed by atoms with van der Waals surface area (Å²) in [6.07, 6.45) is 0. The Bertz CT molecular complexity index is 1980. The summed E-state index contributed by atoms with van der Waals surface area (Å²) < 4.78 is 15.0. The van der Waals surface area contributed by atoms with Crippen LogP contribution in [0.2, 0.25) is 0 Å². The van der Waals surface area contributed by atoms with Gasteiger partial charge in [-0.2, -0.15) is 0 Å². The van der Waals surface area contributed by atoms with Gasteiger partial charge in [0.2, 0.25) is 0 Å². The van der Waals surface area contributed by atoms with Crippen molar-refractivity contribution < 1.29 is 4.57 Å². The maximum absolute atomic E-state index is 15.0. The van der Waals surface area contributed by atoms with E-state index >= 15 is 4.57 Å². The average molecular weight is 532 g/mol. The standard InChI is InChI=1S/C37H26NOP/c39-40(30-17-6-2-7-18-30,31-19-8-3-9-20-31)32-21-12-16-29(25-32)36-26-34(27-13-4-1-5-14-27)37-33-22-11-10-15-28(33)23-24-35(37)38-36/h1-26H. The van der Waals surface area contributed by atoms with Gasteiger partial charge < -0.3 is 4.57 Å². The summed E-state index contributed by atoms with van der Waals surface area (Å²) in [5.41, 5.74) is 5.02. The molecule has 0 amide bonds. The fraction of sp³-hybridized carbons (Fsp3) is 0. The van der Waals surface area contributed by atoms with Gasteiger partial charge in [0.05, 0.1) is 11.2 Å². The first-order chi connectivity index (χ1) is 19.7. The van der Waals surface area contributed by atoms with Crippen molar-refractivity contribution in [2.75, 3.05) is 0 Å². The van der Waals surface area contributed by atoms with Gasteiger partial charge in [0, 0.05) is 26.9 Å². The molecule has 0 radical (unpaired) electrons. The molecule has 0 bridgehead atoms. The first kappa shape index (κ1) is 24.3. The number of aromatic nitrogens is 1. The van der Waals surface area contributed by atoms with E-state index in [1.54, 1.807) is 0 Å². The van der Waals surface area contributed by atoms with Crippen LogP contribution in [-0.4, -0.2) is 4.98 Å². The molecule has 7 aromatic rings. The van der Waals surface area contributed by atoms with Crippen LogP contribution < -0.4 is 15.9 Å². The van der Waals surface area contributed by atoms with Gasteiger partial charge in [0.1, 0.15) is 0 Å². The topological polar surface area (TPSA) is 30.0 Å². The zero-order chi connectivity index (χ0) is 26.9. The van der Waals surface area contributed by atoms with Crippen molar-refractivity contribution in [2.24, 2.45) is 0 Å². The summed E-state index contributed by atoms with van der Waals surface area (Å²) in [4.78, 5) is 5.16. The van der Waals surface area contributed by atoms with Gasteiger partial charge >= 0.3 is 0 Å². The SMILES string of the molecule is O=P(c1ccccc1)(c1ccccc1)c1cccc(-c2cc(-c3ccccc3)c3c(ccc4ccccc43)n2)c1. The van der Waals surface area contributed by atoms with Crippen LogP contribution in [0, 0.1) is 0 Å². The van der Waals surface area contributed by atoms with E-state index in [0.29, 0.717) is 0 Å². The van der Waals surface area contributed by atoms with Gasteiger partial charge in [-0.3, -0.25) is 0 Å². The Morgan fingerprint density at radius 3 is 1.75 bits per heavy atom. The molecule has 0 fully saturated rings. The van der Waals surface area contributed by atoms with Gasteiger partial charge in [-0.25, -0.2) is 4.98 Å². The lowest BCUT2D eigenvalue weighted by Gasteiger charge is -2.21. The predicted molar refractivity (Wildman–Crippen MR) is 170 cm³/mol. The average Bonchev–Trinajstić information content (AvgIpc) is 3.05. The largest absolute Gasteiger partial charge is 0.309 e. The second kappa shape index (κ2) is 10.1. The second-order valence-electron chi connectivity index (χ2n) is 9.93. The molecule has 0 N–H and O–H groups in total. The molecule has 6 aromatic carbocycles.